The second-order valence-electron chi connectivity index (χ2n) is 6.46. The van der Waals surface area contributed by atoms with Crippen LogP contribution in [0.3, 0.4) is 0 Å². The molecule has 2 unspecified atom stereocenters. The van der Waals surface area contributed by atoms with Crippen LogP contribution in [0.4, 0.5) is 11.4 Å². The number of hydrogen-bond acceptors (Lipinski definition) is 3. The average Bonchev–Trinajstić information content (AvgIpc) is 2.52. The van der Waals surface area contributed by atoms with Crippen LogP contribution in [0.25, 0.3) is 0 Å². The number of fused-ring (bicyclic) bond motifs is 1. The Hall–Kier alpha value is -1.71. The molecule has 1 saturated carbocycles. The van der Waals surface area contributed by atoms with Crippen molar-refractivity contribution in [2.45, 2.75) is 32.6 Å². The Balaban J connectivity index is 1.57. The van der Waals surface area contributed by atoms with Gasteiger partial charge < -0.3 is 16.0 Å². The molecule has 2 atom stereocenters. The second kappa shape index (κ2) is 6.37. The largest absolute Gasteiger partial charge is 0.382 e. The molecule has 0 aromatic heterocycles. The molecular formula is C17H25N3O. The summed E-state index contributed by atoms with van der Waals surface area (Å²) in [4.78, 5) is 12.3. The van der Waals surface area contributed by atoms with Gasteiger partial charge in [0.05, 0.1) is 11.4 Å². The molecule has 0 saturated heterocycles. The monoisotopic (exact) mass is 287 g/mol. The lowest BCUT2D eigenvalue weighted by Crippen LogP contribution is -2.31. The first-order chi connectivity index (χ1) is 10.2. The second-order valence-corrected chi connectivity index (χ2v) is 6.46. The quantitative estimate of drug-likeness (QED) is 0.801. The minimum Gasteiger partial charge on any atom is -0.382 e. The van der Waals surface area contributed by atoms with E-state index in [-0.39, 0.29) is 5.91 Å². The summed E-state index contributed by atoms with van der Waals surface area (Å²) in [5, 5.41) is 9.76. The highest BCUT2D eigenvalue weighted by Crippen LogP contribution is 2.28. The number of rotatable bonds is 3. The lowest BCUT2D eigenvalue weighted by Gasteiger charge is -2.26. The van der Waals surface area contributed by atoms with Crippen LogP contribution in [0, 0.1) is 11.8 Å². The Morgan fingerprint density at radius 2 is 2.05 bits per heavy atom. The standard InChI is InChI=1S/C17H25N3O/c1-12-3-2-4-13(9-12)11-20-17(21)14-5-6-15-16(10-14)19-8-7-18-15/h5-6,10,12-13,18-19H,2-4,7-9,11H2,1H3,(H,20,21). The van der Waals surface area contributed by atoms with Crippen LogP contribution in [-0.4, -0.2) is 25.5 Å². The summed E-state index contributed by atoms with van der Waals surface area (Å²) >= 11 is 0. The van der Waals surface area contributed by atoms with Crippen molar-refractivity contribution in [2.24, 2.45) is 11.8 Å². The zero-order valence-corrected chi connectivity index (χ0v) is 12.7. The summed E-state index contributed by atoms with van der Waals surface area (Å²) in [5.74, 6) is 1.50. The van der Waals surface area contributed by atoms with Gasteiger partial charge in [-0.2, -0.15) is 0 Å². The van der Waals surface area contributed by atoms with E-state index in [2.05, 4.69) is 22.9 Å². The number of carbonyl (C=O) groups is 1. The molecule has 1 fully saturated rings. The van der Waals surface area contributed by atoms with Gasteiger partial charge in [-0.15, -0.1) is 0 Å². The van der Waals surface area contributed by atoms with Gasteiger partial charge in [0.15, 0.2) is 0 Å². The normalized spacial score (nSPS) is 24.4. The fraction of sp³-hybridized carbons (Fsp3) is 0.588. The molecule has 0 radical (unpaired) electrons. The van der Waals surface area contributed by atoms with Crippen LogP contribution in [0.15, 0.2) is 18.2 Å². The average molecular weight is 287 g/mol. The van der Waals surface area contributed by atoms with E-state index in [0.717, 1.165) is 42.5 Å². The van der Waals surface area contributed by atoms with Crippen molar-refractivity contribution >= 4 is 17.3 Å². The predicted octanol–water partition coefficient (Wildman–Crippen LogP) is 3.08. The van der Waals surface area contributed by atoms with Crippen LogP contribution in [0.5, 0.6) is 0 Å². The maximum Gasteiger partial charge on any atom is 0.251 e. The van der Waals surface area contributed by atoms with Crippen LogP contribution < -0.4 is 16.0 Å². The number of amides is 1. The van der Waals surface area contributed by atoms with Crippen LogP contribution in [-0.2, 0) is 0 Å². The summed E-state index contributed by atoms with van der Waals surface area (Å²) in [6.45, 7) is 4.96. The lowest BCUT2D eigenvalue weighted by molar-refractivity contribution is 0.0940. The topological polar surface area (TPSA) is 53.2 Å². The number of anilines is 2. The molecule has 3 rings (SSSR count). The SMILES string of the molecule is CC1CCCC(CNC(=O)c2ccc3c(c2)NCCN3)C1. The van der Waals surface area contributed by atoms with Gasteiger partial charge in [0.2, 0.25) is 0 Å². The number of hydrogen-bond donors (Lipinski definition) is 3. The highest BCUT2D eigenvalue weighted by atomic mass is 16.1. The first-order valence-corrected chi connectivity index (χ1v) is 8.12. The Bertz CT molecular complexity index is 515. The van der Waals surface area contributed by atoms with E-state index in [1.807, 2.05) is 18.2 Å². The van der Waals surface area contributed by atoms with Crippen LogP contribution >= 0.6 is 0 Å². The van der Waals surface area contributed by atoms with E-state index in [4.69, 9.17) is 0 Å². The molecule has 2 aliphatic rings. The minimum atomic E-state index is 0.0448. The Morgan fingerprint density at radius 1 is 1.24 bits per heavy atom. The maximum absolute atomic E-state index is 12.3. The lowest BCUT2D eigenvalue weighted by atomic mass is 9.82. The van der Waals surface area contributed by atoms with Gasteiger partial charge in [0.25, 0.3) is 5.91 Å². The third-order valence-corrected chi connectivity index (χ3v) is 4.63. The predicted molar refractivity (Wildman–Crippen MR) is 86.9 cm³/mol. The van der Waals surface area contributed by atoms with Crippen molar-refractivity contribution in [1.29, 1.82) is 0 Å². The van der Waals surface area contributed by atoms with Crippen molar-refractivity contribution in [3.8, 4) is 0 Å². The van der Waals surface area contributed by atoms with Gasteiger partial charge in [-0.3, -0.25) is 4.79 Å². The number of nitrogens with one attached hydrogen (secondary N) is 3. The van der Waals surface area contributed by atoms with Crippen molar-refractivity contribution in [3.05, 3.63) is 23.8 Å². The highest BCUT2D eigenvalue weighted by molar-refractivity contribution is 5.96. The van der Waals surface area contributed by atoms with Crippen molar-refractivity contribution in [2.75, 3.05) is 30.3 Å². The van der Waals surface area contributed by atoms with Crippen LogP contribution in [0.1, 0.15) is 43.0 Å². The zero-order valence-electron chi connectivity index (χ0n) is 12.7. The summed E-state index contributed by atoms with van der Waals surface area (Å²) in [6.07, 6.45) is 5.14. The van der Waals surface area contributed by atoms with E-state index < -0.39 is 0 Å². The fourth-order valence-electron chi connectivity index (χ4n) is 3.46. The van der Waals surface area contributed by atoms with Gasteiger partial charge in [0.1, 0.15) is 0 Å². The van der Waals surface area contributed by atoms with Gasteiger partial charge in [-0.1, -0.05) is 19.8 Å². The number of carbonyl (C=O) groups excluding carboxylic acids is 1. The molecule has 3 N–H and O–H groups in total. The van der Waals surface area contributed by atoms with Crippen LogP contribution in [0.2, 0.25) is 0 Å². The first-order valence-electron chi connectivity index (χ1n) is 8.12. The molecule has 1 aliphatic heterocycles. The highest BCUT2D eigenvalue weighted by Gasteiger charge is 2.20. The molecule has 4 nitrogen and oxygen atoms in total. The molecule has 1 amide bonds. The molecule has 0 spiro atoms. The summed E-state index contributed by atoms with van der Waals surface area (Å²) in [7, 11) is 0. The van der Waals surface area contributed by atoms with Crippen molar-refractivity contribution < 1.29 is 4.79 Å². The van der Waals surface area contributed by atoms with Crippen molar-refractivity contribution in [1.82, 2.24) is 5.32 Å². The zero-order chi connectivity index (χ0) is 14.7. The van der Waals surface area contributed by atoms with E-state index in [9.17, 15) is 4.79 Å². The maximum atomic E-state index is 12.3. The number of benzene rings is 1. The molecule has 1 aromatic rings. The smallest absolute Gasteiger partial charge is 0.251 e. The third kappa shape index (κ3) is 3.49. The minimum absolute atomic E-state index is 0.0448. The Labute approximate surface area is 126 Å². The molecule has 4 heteroatoms. The van der Waals surface area contributed by atoms with Gasteiger partial charge in [-0.05, 0) is 42.9 Å². The van der Waals surface area contributed by atoms with E-state index in [1.165, 1.54) is 25.7 Å². The van der Waals surface area contributed by atoms with Gasteiger partial charge in [0, 0.05) is 25.2 Å². The van der Waals surface area contributed by atoms with Crippen molar-refractivity contribution in [3.63, 3.8) is 0 Å². The Morgan fingerprint density at radius 3 is 2.86 bits per heavy atom. The van der Waals surface area contributed by atoms with Gasteiger partial charge >= 0.3 is 0 Å². The third-order valence-electron chi connectivity index (χ3n) is 4.63. The molecule has 21 heavy (non-hydrogen) atoms. The molecule has 114 valence electrons. The van der Waals surface area contributed by atoms with E-state index in [1.54, 1.807) is 0 Å². The molecule has 1 aliphatic carbocycles. The first kappa shape index (κ1) is 14.2. The van der Waals surface area contributed by atoms with Gasteiger partial charge in [-0.25, -0.2) is 0 Å². The molecular weight excluding hydrogens is 262 g/mol. The molecule has 0 bridgehead atoms. The molecule has 1 heterocycles. The summed E-state index contributed by atoms with van der Waals surface area (Å²) < 4.78 is 0. The van der Waals surface area contributed by atoms with E-state index >= 15 is 0 Å². The molecule has 1 aromatic carbocycles. The van der Waals surface area contributed by atoms with E-state index in [0.29, 0.717) is 5.92 Å². The summed E-state index contributed by atoms with van der Waals surface area (Å²) in [5.41, 5.74) is 2.85. The Kier molecular flexibility index (Phi) is 4.32. The fourth-order valence-corrected chi connectivity index (χ4v) is 3.46. The summed E-state index contributed by atoms with van der Waals surface area (Å²) in [6, 6.07) is 5.83.